The van der Waals surface area contributed by atoms with Gasteiger partial charge < -0.3 is 10.2 Å². The molecule has 1 aliphatic rings. The van der Waals surface area contributed by atoms with Crippen LogP contribution in [0.25, 0.3) is 0 Å². The maximum Gasteiger partial charge on any atom is 0.219 e. The average Bonchev–Trinajstić information content (AvgIpc) is 2.47. The Labute approximate surface area is 132 Å². The third kappa shape index (κ3) is 3.98. The Kier molecular flexibility index (Phi) is 5.65. The van der Waals surface area contributed by atoms with E-state index in [0.717, 1.165) is 36.5 Å². The Morgan fingerprint density at radius 2 is 2.19 bits per heavy atom. The normalized spacial score (nSPS) is 23.9. The second kappa shape index (κ2) is 7.28. The first-order chi connectivity index (χ1) is 10.0. The molecule has 0 saturated carbocycles. The van der Waals surface area contributed by atoms with Crippen molar-refractivity contribution in [3.8, 4) is 0 Å². The predicted molar refractivity (Wildman–Crippen MR) is 87.4 cm³/mol. The van der Waals surface area contributed by atoms with E-state index in [1.807, 2.05) is 23.1 Å². The van der Waals surface area contributed by atoms with Gasteiger partial charge in [0.1, 0.15) is 0 Å². The van der Waals surface area contributed by atoms with Gasteiger partial charge in [0, 0.05) is 37.1 Å². The largest absolute Gasteiger partial charge is 0.343 e. The molecular weight excluding hydrogens is 284 g/mol. The van der Waals surface area contributed by atoms with Crippen LogP contribution in [0.4, 0.5) is 0 Å². The number of hydrogen-bond acceptors (Lipinski definition) is 2. The molecule has 1 aromatic rings. The Hall–Kier alpha value is -1.06. The van der Waals surface area contributed by atoms with Crippen LogP contribution < -0.4 is 5.32 Å². The molecule has 1 amide bonds. The lowest BCUT2D eigenvalue weighted by atomic mass is 9.89. The monoisotopic (exact) mass is 308 g/mol. The van der Waals surface area contributed by atoms with Crippen molar-refractivity contribution in [3.63, 3.8) is 0 Å². The molecule has 0 spiro atoms. The number of likely N-dealkylation sites (tertiary alicyclic amines) is 1. The summed E-state index contributed by atoms with van der Waals surface area (Å²) in [5.74, 6) is 0.693. The Morgan fingerprint density at radius 1 is 1.48 bits per heavy atom. The van der Waals surface area contributed by atoms with Gasteiger partial charge in [0.2, 0.25) is 5.91 Å². The maximum atomic E-state index is 11.5. The van der Waals surface area contributed by atoms with Gasteiger partial charge in [-0.05, 0) is 30.9 Å². The molecule has 21 heavy (non-hydrogen) atoms. The number of amides is 1. The van der Waals surface area contributed by atoms with Crippen LogP contribution in [0.3, 0.4) is 0 Å². The van der Waals surface area contributed by atoms with Crippen molar-refractivity contribution in [1.29, 1.82) is 0 Å². The standard InChI is InChI=1S/C17H25ClN2O/c1-4-14-11-20(13(3)21)10-9-17(14)19-12(2)15-7-5-6-8-16(15)18/h5-8,12,14,17,19H,4,9-11H2,1-3H3/t12-,14-,17+/m1/s1. The van der Waals surface area contributed by atoms with Crippen molar-refractivity contribution in [2.45, 2.75) is 45.7 Å². The van der Waals surface area contributed by atoms with Crippen LogP contribution in [0.5, 0.6) is 0 Å². The number of nitrogens with zero attached hydrogens (tertiary/aromatic N) is 1. The van der Waals surface area contributed by atoms with Crippen molar-refractivity contribution >= 4 is 17.5 Å². The molecule has 2 rings (SSSR count). The number of carbonyl (C=O) groups is 1. The van der Waals surface area contributed by atoms with Crippen LogP contribution >= 0.6 is 11.6 Å². The molecule has 1 fully saturated rings. The molecule has 1 aromatic carbocycles. The minimum atomic E-state index is 0.186. The highest BCUT2D eigenvalue weighted by atomic mass is 35.5. The molecule has 0 bridgehead atoms. The number of hydrogen-bond donors (Lipinski definition) is 1. The third-order valence-corrected chi connectivity index (χ3v) is 4.88. The Balaban J connectivity index is 2.02. The quantitative estimate of drug-likeness (QED) is 0.921. The lowest BCUT2D eigenvalue weighted by molar-refractivity contribution is -0.131. The first-order valence-electron chi connectivity index (χ1n) is 7.79. The van der Waals surface area contributed by atoms with Crippen molar-refractivity contribution in [2.75, 3.05) is 13.1 Å². The van der Waals surface area contributed by atoms with Crippen LogP contribution in [0.1, 0.15) is 45.2 Å². The number of halogens is 1. The molecule has 1 heterocycles. The van der Waals surface area contributed by atoms with Gasteiger partial charge in [-0.15, -0.1) is 0 Å². The Bertz CT molecular complexity index is 491. The highest BCUT2D eigenvalue weighted by molar-refractivity contribution is 6.31. The summed E-state index contributed by atoms with van der Waals surface area (Å²) in [6.45, 7) is 7.72. The second-order valence-electron chi connectivity index (χ2n) is 5.94. The van der Waals surface area contributed by atoms with E-state index in [0.29, 0.717) is 12.0 Å². The van der Waals surface area contributed by atoms with E-state index >= 15 is 0 Å². The van der Waals surface area contributed by atoms with E-state index in [1.54, 1.807) is 6.92 Å². The molecule has 0 unspecified atom stereocenters. The smallest absolute Gasteiger partial charge is 0.219 e. The average molecular weight is 309 g/mol. The van der Waals surface area contributed by atoms with E-state index in [9.17, 15) is 4.79 Å². The first-order valence-corrected chi connectivity index (χ1v) is 8.16. The summed E-state index contributed by atoms with van der Waals surface area (Å²) < 4.78 is 0. The fourth-order valence-electron chi connectivity index (χ4n) is 3.19. The summed E-state index contributed by atoms with van der Waals surface area (Å²) in [6.07, 6.45) is 2.09. The van der Waals surface area contributed by atoms with Crippen molar-refractivity contribution < 1.29 is 4.79 Å². The van der Waals surface area contributed by atoms with Gasteiger partial charge in [0.15, 0.2) is 0 Å². The second-order valence-corrected chi connectivity index (χ2v) is 6.35. The molecule has 1 saturated heterocycles. The molecule has 4 heteroatoms. The zero-order valence-electron chi connectivity index (χ0n) is 13.1. The van der Waals surface area contributed by atoms with Crippen molar-refractivity contribution in [1.82, 2.24) is 10.2 Å². The molecule has 1 aliphatic heterocycles. The van der Waals surface area contributed by atoms with Gasteiger partial charge in [-0.1, -0.05) is 43.1 Å². The summed E-state index contributed by atoms with van der Waals surface area (Å²) in [4.78, 5) is 13.5. The molecule has 3 nitrogen and oxygen atoms in total. The van der Waals surface area contributed by atoms with Gasteiger partial charge in [0.25, 0.3) is 0 Å². The SMILES string of the molecule is CC[C@@H]1CN(C(C)=O)CC[C@@H]1N[C@H](C)c1ccccc1Cl. The molecule has 0 aromatic heterocycles. The van der Waals surface area contributed by atoms with E-state index < -0.39 is 0 Å². The molecule has 116 valence electrons. The van der Waals surface area contributed by atoms with Gasteiger partial charge in [-0.3, -0.25) is 4.79 Å². The summed E-state index contributed by atoms with van der Waals surface area (Å²) in [6, 6.07) is 8.66. The van der Waals surface area contributed by atoms with Crippen LogP contribution in [-0.2, 0) is 4.79 Å². The fraction of sp³-hybridized carbons (Fsp3) is 0.588. The van der Waals surface area contributed by atoms with Crippen molar-refractivity contribution in [2.24, 2.45) is 5.92 Å². The van der Waals surface area contributed by atoms with E-state index in [1.165, 1.54) is 0 Å². The molecule has 1 N–H and O–H groups in total. The molecule has 0 aliphatic carbocycles. The highest BCUT2D eigenvalue weighted by Crippen LogP contribution is 2.26. The predicted octanol–water partition coefficient (Wildman–Crippen LogP) is 3.64. The van der Waals surface area contributed by atoms with Crippen molar-refractivity contribution in [3.05, 3.63) is 34.9 Å². The minimum absolute atomic E-state index is 0.186. The topological polar surface area (TPSA) is 32.3 Å². The summed E-state index contributed by atoms with van der Waals surface area (Å²) >= 11 is 6.28. The molecule has 3 atom stereocenters. The molecular formula is C17H25ClN2O. The summed E-state index contributed by atoms with van der Waals surface area (Å²) in [7, 11) is 0. The van der Waals surface area contributed by atoms with Gasteiger partial charge >= 0.3 is 0 Å². The number of piperidine rings is 1. The lowest BCUT2D eigenvalue weighted by Gasteiger charge is -2.39. The lowest BCUT2D eigenvalue weighted by Crippen LogP contribution is -2.50. The van der Waals surface area contributed by atoms with E-state index in [4.69, 9.17) is 11.6 Å². The number of carbonyl (C=O) groups excluding carboxylic acids is 1. The van der Waals surface area contributed by atoms with Crippen LogP contribution in [0, 0.1) is 5.92 Å². The highest BCUT2D eigenvalue weighted by Gasteiger charge is 2.30. The maximum absolute atomic E-state index is 11.5. The number of rotatable bonds is 4. The van der Waals surface area contributed by atoms with Gasteiger partial charge in [0.05, 0.1) is 0 Å². The number of nitrogens with one attached hydrogen (secondary N) is 1. The van der Waals surface area contributed by atoms with E-state index in [-0.39, 0.29) is 11.9 Å². The summed E-state index contributed by atoms with van der Waals surface area (Å²) in [5.41, 5.74) is 1.14. The van der Waals surface area contributed by atoms with Crippen LogP contribution in [-0.4, -0.2) is 29.9 Å². The third-order valence-electron chi connectivity index (χ3n) is 4.54. The fourth-order valence-corrected chi connectivity index (χ4v) is 3.49. The molecule has 0 radical (unpaired) electrons. The summed E-state index contributed by atoms with van der Waals surface area (Å²) in [5, 5.41) is 4.53. The van der Waals surface area contributed by atoms with E-state index in [2.05, 4.69) is 25.2 Å². The zero-order valence-corrected chi connectivity index (χ0v) is 13.9. The zero-order chi connectivity index (χ0) is 15.4. The van der Waals surface area contributed by atoms with Gasteiger partial charge in [-0.25, -0.2) is 0 Å². The minimum Gasteiger partial charge on any atom is -0.343 e. The van der Waals surface area contributed by atoms with Crippen LogP contribution in [0.15, 0.2) is 24.3 Å². The van der Waals surface area contributed by atoms with Crippen LogP contribution in [0.2, 0.25) is 5.02 Å². The Morgan fingerprint density at radius 3 is 2.81 bits per heavy atom. The van der Waals surface area contributed by atoms with Gasteiger partial charge in [-0.2, -0.15) is 0 Å². The first kappa shape index (κ1) is 16.3. The number of benzene rings is 1.